The van der Waals surface area contributed by atoms with Gasteiger partial charge in [0.05, 0.1) is 5.92 Å². The molecule has 1 N–H and O–H groups in total. The molecular formula is C20H35NO3. The lowest BCUT2D eigenvalue weighted by atomic mass is 10.0. The second kappa shape index (κ2) is 13.2. The zero-order chi connectivity index (χ0) is 17.6. The number of hydrogen-bond acceptors (Lipinski definition) is 3. The maximum absolute atomic E-state index is 12.2. The summed E-state index contributed by atoms with van der Waals surface area (Å²) in [5.41, 5.74) is 0. The van der Waals surface area contributed by atoms with E-state index in [1.165, 1.54) is 56.3 Å². The number of unbranched alkanes of at least 4 members (excludes halogenated alkanes) is 9. The summed E-state index contributed by atoms with van der Waals surface area (Å²) in [7, 11) is 0. The van der Waals surface area contributed by atoms with E-state index in [2.05, 4.69) is 13.0 Å². The molecule has 1 heterocycles. The lowest BCUT2D eigenvalue weighted by molar-refractivity contribution is -0.139. The summed E-state index contributed by atoms with van der Waals surface area (Å²) in [6.07, 6.45) is 17.1. The number of allylic oxidation sites excluding steroid dienone is 1. The molecule has 4 nitrogen and oxygen atoms in total. The molecule has 1 atom stereocenters. The van der Waals surface area contributed by atoms with Crippen LogP contribution in [0.15, 0.2) is 12.2 Å². The minimum atomic E-state index is -0.263. The van der Waals surface area contributed by atoms with E-state index < -0.39 is 0 Å². The third-order valence-corrected chi connectivity index (χ3v) is 4.66. The number of amides is 2. The number of imide groups is 1. The second-order valence-corrected chi connectivity index (χ2v) is 6.82. The Morgan fingerprint density at radius 2 is 1.67 bits per heavy atom. The van der Waals surface area contributed by atoms with Crippen LogP contribution in [0.3, 0.4) is 0 Å². The predicted molar refractivity (Wildman–Crippen MR) is 97.5 cm³/mol. The number of nitrogens with zero attached hydrogens (tertiary/aromatic N) is 1. The molecular weight excluding hydrogens is 302 g/mol. The lowest BCUT2D eigenvalue weighted by Gasteiger charge is -2.13. The first-order valence-electron chi connectivity index (χ1n) is 9.82. The van der Waals surface area contributed by atoms with Gasteiger partial charge in [-0.25, -0.2) is 0 Å². The SMILES string of the molecule is CCCCCCCCCCC=CC1CC(=O)N(CCCCO)C1=O. The molecule has 1 fully saturated rings. The van der Waals surface area contributed by atoms with Crippen molar-refractivity contribution in [3.8, 4) is 0 Å². The molecule has 0 saturated carbocycles. The first-order valence-corrected chi connectivity index (χ1v) is 9.82. The van der Waals surface area contributed by atoms with E-state index in [9.17, 15) is 9.59 Å². The summed E-state index contributed by atoms with van der Waals surface area (Å²) in [6.45, 7) is 2.79. The molecule has 0 bridgehead atoms. The van der Waals surface area contributed by atoms with Crippen molar-refractivity contribution in [3.05, 3.63) is 12.2 Å². The van der Waals surface area contributed by atoms with Gasteiger partial charge in [0.15, 0.2) is 0 Å². The molecule has 24 heavy (non-hydrogen) atoms. The number of rotatable bonds is 14. The van der Waals surface area contributed by atoms with Crippen LogP contribution in [0.25, 0.3) is 0 Å². The summed E-state index contributed by atoms with van der Waals surface area (Å²) >= 11 is 0. The van der Waals surface area contributed by atoms with Crippen molar-refractivity contribution < 1.29 is 14.7 Å². The lowest BCUT2D eigenvalue weighted by Crippen LogP contribution is -2.31. The quantitative estimate of drug-likeness (QED) is 0.293. The highest BCUT2D eigenvalue weighted by Crippen LogP contribution is 2.21. The second-order valence-electron chi connectivity index (χ2n) is 6.82. The molecule has 0 spiro atoms. The zero-order valence-corrected chi connectivity index (χ0v) is 15.3. The molecule has 0 aromatic rings. The van der Waals surface area contributed by atoms with Crippen molar-refractivity contribution in [1.82, 2.24) is 4.90 Å². The van der Waals surface area contributed by atoms with Crippen LogP contribution in [0, 0.1) is 5.92 Å². The third kappa shape index (κ3) is 8.09. The first-order chi connectivity index (χ1) is 11.7. The Morgan fingerprint density at radius 1 is 1.00 bits per heavy atom. The van der Waals surface area contributed by atoms with Crippen molar-refractivity contribution in [2.45, 2.75) is 84.0 Å². The standard InChI is InChI=1S/C20H35NO3/c1-2-3-4-5-6-7-8-9-10-11-14-18-17-19(23)21(20(18)24)15-12-13-16-22/h11,14,18,22H,2-10,12-13,15-17H2,1H3. The van der Waals surface area contributed by atoms with Crippen LogP contribution in [-0.2, 0) is 9.59 Å². The van der Waals surface area contributed by atoms with Crippen LogP contribution in [0.1, 0.15) is 84.0 Å². The number of likely N-dealkylation sites (tertiary alicyclic amines) is 1. The van der Waals surface area contributed by atoms with Crippen LogP contribution in [-0.4, -0.2) is 35.0 Å². The molecule has 1 aliphatic rings. The number of carbonyl (C=O) groups is 2. The molecule has 138 valence electrons. The van der Waals surface area contributed by atoms with E-state index >= 15 is 0 Å². The first kappa shape index (κ1) is 20.9. The van der Waals surface area contributed by atoms with E-state index in [1.54, 1.807) is 0 Å². The molecule has 0 aromatic heterocycles. The van der Waals surface area contributed by atoms with Crippen LogP contribution >= 0.6 is 0 Å². The Bertz CT molecular complexity index is 392. The Morgan fingerprint density at radius 3 is 2.33 bits per heavy atom. The van der Waals surface area contributed by atoms with E-state index in [1.807, 2.05) is 6.08 Å². The average molecular weight is 338 g/mol. The van der Waals surface area contributed by atoms with Gasteiger partial charge >= 0.3 is 0 Å². The van der Waals surface area contributed by atoms with Gasteiger partial charge in [-0.15, -0.1) is 0 Å². The summed E-state index contributed by atoms with van der Waals surface area (Å²) in [4.78, 5) is 25.4. The molecule has 1 aliphatic heterocycles. The summed E-state index contributed by atoms with van der Waals surface area (Å²) in [5, 5.41) is 8.78. The fourth-order valence-corrected chi connectivity index (χ4v) is 3.13. The van der Waals surface area contributed by atoms with Crippen LogP contribution in [0.5, 0.6) is 0 Å². The Balaban J connectivity index is 2.12. The third-order valence-electron chi connectivity index (χ3n) is 4.66. The Labute approximate surface area is 147 Å². The maximum Gasteiger partial charge on any atom is 0.236 e. The normalized spacial score (nSPS) is 18.2. The van der Waals surface area contributed by atoms with Gasteiger partial charge < -0.3 is 5.11 Å². The summed E-state index contributed by atoms with van der Waals surface area (Å²) in [6, 6.07) is 0. The van der Waals surface area contributed by atoms with Crippen molar-refractivity contribution in [3.63, 3.8) is 0 Å². The topological polar surface area (TPSA) is 57.6 Å². The van der Waals surface area contributed by atoms with Gasteiger partial charge in [-0.2, -0.15) is 0 Å². The van der Waals surface area contributed by atoms with Gasteiger partial charge in [0.1, 0.15) is 0 Å². The molecule has 0 aliphatic carbocycles. The highest BCUT2D eigenvalue weighted by atomic mass is 16.3. The molecule has 1 saturated heterocycles. The van der Waals surface area contributed by atoms with E-state index in [4.69, 9.17) is 5.11 Å². The van der Waals surface area contributed by atoms with Crippen LogP contribution < -0.4 is 0 Å². The fourth-order valence-electron chi connectivity index (χ4n) is 3.13. The number of hydrogen-bond donors (Lipinski definition) is 1. The van der Waals surface area contributed by atoms with E-state index in [-0.39, 0.29) is 24.3 Å². The van der Waals surface area contributed by atoms with Crippen LogP contribution in [0.4, 0.5) is 0 Å². The minimum Gasteiger partial charge on any atom is -0.396 e. The minimum absolute atomic E-state index is 0.0647. The molecule has 4 heteroatoms. The monoisotopic (exact) mass is 337 g/mol. The van der Waals surface area contributed by atoms with Crippen molar-refractivity contribution in [2.24, 2.45) is 5.92 Å². The molecule has 1 unspecified atom stereocenters. The molecule has 1 rings (SSSR count). The summed E-state index contributed by atoms with van der Waals surface area (Å²) in [5.74, 6) is -0.398. The summed E-state index contributed by atoms with van der Waals surface area (Å²) < 4.78 is 0. The Kier molecular flexibility index (Phi) is 11.5. The smallest absolute Gasteiger partial charge is 0.236 e. The average Bonchev–Trinajstić information content (AvgIpc) is 2.84. The zero-order valence-electron chi connectivity index (χ0n) is 15.3. The maximum atomic E-state index is 12.2. The number of aliphatic hydroxyl groups is 1. The van der Waals surface area contributed by atoms with E-state index in [0.717, 1.165) is 6.42 Å². The molecule has 0 aromatic carbocycles. The largest absolute Gasteiger partial charge is 0.396 e. The highest BCUT2D eigenvalue weighted by molar-refractivity contribution is 6.04. The molecule has 0 radical (unpaired) electrons. The van der Waals surface area contributed by atoms with Crippen molar-refractivity contribution in [1.29, 1.82) is 0 Å². The van der Waals surface area contributed by atoms with Gasteiger partial charge in [0.25, 0.3) is 0 Å². The fraction of sp³-hybridized carbons (Fsp3) is 0.800. The number of carbonyl (C=O) groups excluding carboxylic acids is 2. The van der Waals surface area contributed by atoms with Crippen molar-refractivity contribution >= 4 is 11.8 Å². The van der Waals surface area contributed by atoms with Gasteiger partial charge in [0, 0.05) is 19.6 Å². The Hall–Kier alpha value is -1.16. The predicted octanol–water partition coefficient (Wildman–Crippen LogP) is 4.22. The van der Waals surface area contributed by atoms with Gasteiger partial charge in [-0.3, -0.25) is 14.5 Å². The number of aliphatic hydroxyl groups excluding tert-OH is 1. The van der Waals surface area contributed by atoms with Crippen molar-refractivity contribution in [2.75, 3.05) is 13.2 Å². The van der Waals surface area contributed by atoms with Gasteiger partial charge in [-0.05, 0) is 25.7 Å². The van der Waals surface area contributed by atoms with E-state index in [0.29, 0.717) is 25.8 Å². The highest BCUT2D eigenvalue weighted by Gasteiger charge is 2.36. The van der Waals surface area contributed by atoms with Gasteiger partial charge in [-0.1, -0.05) is 64.0 Å². The van der Waals surface area contributed by atoms with Gasteiger partial charge in [0.2, 0.25) is 11.8 Å². The van der Waals surface area contributed by atoms with Crippen LogP contribution in [0.2, 0.25) is 0 Å². The molecule has 2 amide bonds.